The lowest BCUT2D eigenvalue weighted by molar-refractivity contribution is -0.134. The van der Waals surface area contributed by atoms with Crippen LogP contribution in [0.1, 0.15) is 40.5 Å². The van der Waals surface area contributed by atoms with E-state index in [1.807, 2.05) is 63.1 Å². The fourth-order valence-electron chi connectivity index (χ4n) is 5.01. The van der Waals surface area contributed by atoms with Crippen LogP contribution in [0, 0.1) is 5.41 Å². The van der Waals surface area contributed by atoms with Gasteiger partial charge in [-0.05, 0) is 57.0 Å². The summed E-state index contributed by atoms with van der Waals surface area (Å²) in [6.45, 7) is 7.95. The number of imide groups is 1. The van der Waals surface area contributed by atoms with Gasteiger partial charge in [-0.25, -0.2) is 14.9 Å². The number of carbonyl (C=O) groups is 3. The van der Waals surface area contributed by atoms with Crippen LogP contribution in [-0.4, -0.2) is 73.6 Å². The van der Waals surface area contributed by atoms with Gasteiger partial charge in [-0.3, -0.25) is 14.4 Å². The van der Waals surface area contributed by atoms with E-state index in [0.29, 0.717) is 35.4 Å². The number of carbonyl (C=O) groups excluding carboxylic acids is 3. The molecule has 0 aliphatic carbocycles. The predicted octanol–water partition coefficient (Wildman–Crippen LogP) is 3.16. The molecule has 3 amide bonds. The van der Waals surface area contributed by atoms with E-state index < -0.39 is 35.4 Å². The monoisotopic (exact) mass is 575 g/mol. The standard InChI is InChI=1S/C31H41N7O4/c1-19(32-5)28(39)36-26(31(2,3)4)30(41)38(29(40)22-14-11-15-33-22)24-16-21-23(17-25(24)42-7)34-18-35-27(21)37(6)20-12-9-8-10-13-20/h8-10,12-13,16-19,22,26,32-33H,11,14-15H2,1-7H3,(H,36,39)/t19-,22-,26+/m0/s1. The fourth-order valence-corrected chi connectivity index (χ4v) is 5.01. The summed E-state index contributed by atoms with van der Waals surface area (Å²) >= 11 is 0. The highest BCUT2D eigenvalue weighted by atomic mass is 16.5. The highest BCUT2D eigenvalue weighted by molar-refractivity contribution is 6.20. The van der Waals surface area contributed by atoms with Gasteiger partial charge >= 0.3 is 0 Å². The molecule has 1 saturated heterocycles. The first-order valence-corrected chi connectivity index (χ1v) is 14.2. The second-order valence-corrected chi connectivity index (χ2v) is 11.6. The Morgan fingerprint density at radius 2 is 1.83 bits per heavy atom. The van der Waals surface area contributed by atoms with Gasteiger partial charge in [0.2, 0.25) is 5.91 Å². The second-order valence-electron chi connectivity index (χ2n) is 11.6. The summed E-state index contributed by atoms with van der Waals surface area (Å²) in [6.07, 6.45) is 2.88. The Bertz CT molecular complexity index is 1430. The van der Waals surface area contributed by atoms with Gasteiger partial charge in [0.05, 0.1) is 30.4 Å². The van der Waals surface area contributed by atoms with Gasteiger partial charge in [0, 0.05) is 24.2 Å². The van der Waals surface area contributed by atoms with Crippen molar-refractivity contribution in [3.8, 4) is 5.75 Å². The van der Waals surface area contributed by atoms with Crippen molar-refractivity contribution >= 4 is 45.8 Å². The molecule has 1 fully saturated rings. The number of hydrogen-bond donors (Lipinski definition) is 3. The first-order valence-electron chi connectivity index (χ1n) is 14.2. The number of methoxy groups -OCH3 is 1. The van der Waals surface area contributed by atoms with Gasteiger partial charge < -0.3 is 25.6 Å². The van der Waals surface area contributed by atoms with Crippen molar-refractivity contribution in [2.24, 2.45) is 5.41 Å². The largest absolute Gasteiger partial charge is 0.494 e. The number of likely N-dealkylation sites (N-methyl/N-ethyl adjacent to an activating group) is 1. The minimum absolute atomic E-state index is 0.261. The molecule has 42 heavy (non-hydrogen) atoms. The van der Waals surface area contributed by atoms with Crippen LogP contribution in [-0.2, 0) is 14.4 Å². The molecule has 4 rings (SSSR count). The number of fused-ring (bicyclic) bond motifs is 1. The average Bonchev–Trinajstić information content (AvgIpc) is 3.53. The number of hydrogen-bond acceptors (Lipinski definition) is 9. The lowest BCUT2D eigenvalue weighted by atomic mass is 9.85. The Kier molecular flexibility index (Phi) is 9.43. The molecular formula is C31H41N7O4. The van der Waals surface area contributed by atoms with Crippen molar-refractivity contribution < 1.29 is 19.1 Å². The molecule has 0 unspecified atom stereocenters. The number of amides is 3. The Labute approximate surface area is 247 Å². The van der Waals surface area contributed by atoms with Crippen LogP contribution in [0.3, 0.4) is 0 Å². The third-order valence-corrected chi connectivity index (χ3v) is 7.64. The van der Waals surface area contributed by atoms with Crippen LogP contribution in [0.15, 0.2) is 48.8 Å². The number of nitrogens with zero attached hydrogens (tertiary/aromatic N) is 4. The molecule has 3 atom stereocenters. The molecule has 2 aromatic carbocycles. The van der Waals surface area contributed by atoms with E-state index in [-0.39, 0.29) is 11.6 Å². The van der Waals surface area contributed by atoms with Crippen LogP contribution in [0.2, 0.25) is 0 Å². The van der Waals surface area contributed by atoms with Gasteiger partial charge in [0.25, 0.3) is 11.8 Å². The third-order valence-electron chi connectivity index (χ3n) is 7.64. The maximum Gasteiger partial charge on any atom is 0.257 e. The highest BCUT2D eigenvalue weighted by Gasteiger charge is 2.42. The van der Waals surface area contributed by atoms with E-state index in [4.69, 9.17) is 4.74 Å². The van der Waals surface area contributed by atoms with Crippen molar-refractivity contribution in [3.63, 3.8) is 0 Å². The van der Waals surface area contributed by atoms with E-state index in [0.717, 1.165) is 12.1 Å². The molecule has 2 heterocycles. The van der Waals surface area contributed by atoms with Crippen LogP contribution < -0.4 is 30.5 Å². The first kappa shape index (κ1) is 30.9. The lowest BCUT2D eigenvalue weighted by Crippen LogP contribution is -2.60. The molecule has 1 aromatic heterocycles. The summed E-state index contributed by atoms with van der Waals surface area (Å²) in [4.78, 5) is 53.8. The molecular weight excluding hydrogens is 534 g/mol. The second kappa shape index (κ2) is 12.8. The maximum absolute atomic E-state index is 14.5. The maximum atomic E-state index is 14.5. The number of nitrogens with one attached hydrogen (secondary N) is 3. The summed E-state index contributed by atoms with van der Waals surface area (Å²) < 4.78 is 5.75. The van der Waals surface area contributed by atoms with Crippen molar-refractivity contribution in [2.45, 2.75) is 58.7 Å². The van der Waals surface area contributed by atoms with E-state index >= 15 is 0 Å². The number of anilines is 3. The molecule has 11 nitrogen and oxygen atoms in total. The normalized spacial score (nSPS) is 16.5. The molecule has 0 radical (unpaired) electrons. The average molecular weight is 576 g/mol. The van der Waals surface area contributed by atoms with Gasteiger partial charge in [-0.1, -0.05) is 39.0 Å². The van der Waals surface area contributed by atoms with Crippen molar-refractivity contribution in [1.29, 1.82) is 0 Å². The van der Waals surface area contributed by atoms with E-state index in [9.17, 15) is 14.4 Å². The van der Waals surface area contributed by atoms with Crippen LogP contribution in [0.5, 0.6) is 5.75 Å². The summed E-state index contributed by atoms with van der Waals surface area (Å²) in [5.41, 5.74) is 1.04. The topological polar surface area (TPSA) is 129 Å². The minimum atomic E-state index is -1.01. The van der Waals surface area contributed by atoms with E-state index in [1.54, 1.807) is 26.1 Å². The minimum Gasteiger partial charge on any atom is -0.494 e. The number of rotatable bonds is 9. The van der Waals surface area contributed by atoms with E-state index in [1.165, 1.54) is 18.3 Å². The van der Waals surface area contributed by atoms with Crippen LogP contribution in [0.25, 0.3) is 10.9 Å². The first-order chi connectivity index (χ1) is 20.0. The van der Waals surface area contributed by atoms with Crippen molar-refractivity contribution in [1.82, 2.24) is 25.9 Å². The Morgan fingerprint density at radius 3 is 2.43 bits per heavy atom. The van der Waals surface area contributed by atoms with Gasteiger partial charge in [0.15, 0.2) is 0 Å². The molecule has 1 aliphatic rings. The smallest absolute Gasteiger partial charge is 0.257 e. The van der Waals surface area contributed by atoms with Crippen LogP contribution >= 0.6 is 0 Å². The SMILES string of the molecule is CN[C@@H](C)C(=O)N[C@H](C(=O)N(C(=O)[C@@H]1CCCN1)c1cc2c(N(C)c3ccccc3)ncnc2cc1OC)C(C)(C)C. The summed E-state index contributed by atoms with van der Waals surface area (Å²) in [5, 5.41) is 9.64. The zero-order valence-electron chi connectivity index (χ0n) is 25.4. The molecule has 0 bridgehead atoms. The molecule has 3 aromatic rings. The van der Waals surface area contributed by atoms with Gasteiger partial charge in [-0.15, -0.1) is 0 Å². The predicted molar refractivity (Wildman–Crippen MR) is 164 cm³/mol. The molecule has 0 saturated carbocycles. The zero-order valence-corrected chi connectivity index (χ0v) is 25.4. The molecule has 3 N–H and O–H groups in total. The Hall–Kier alpha value is -4.09. The van der Waals surface area contributed by atoms with Gasteiger partial charge in [-0.2, -0.15) is 0 Å². The van der Waals surface area contributed by atoms with Crippen molar-refractivity contribution in [3.05, 3.63) is 48.8 Å². The Balaban J connectivity index is 1.90. The highest BCUT2D eigenvalue weighted by Crippen LogP contribution is 2.38. The lowest BCUT2D eigenvalue weighted by Gasteiger charge is -2.36. The van der Waals surface area contributed by atoms with E-state index in [2.05, 4.69) is 25.9 Å². The number of aromatic nitrogens is 2. The zero-order chi connectivity index (χ0) is 30.6. The number of para-hydroxylation sites is 1. The quantitative estimate of drug-likeness (QED) is 0.352. The summed E-state index contributed by atoms with van der Waals surface area (Å²) in [6, 6.07) is 11.1. The van der Waals surface area contributed by atoms with Crippen molar-refractivity contribution in [2.75, 3.05) is 37.5 Å². The summed E-state index contributed by atoms with van der Waals surface area (Å²) in [5.74, 6) is -0.405. The van der Waals surface area contributed by atoms with Crippen LogP contribution in [0.4, 0.5) is 17.2 Å². The van der Waals surface area contributed by atoms with Gasteiger partial charge in [0.1, 0.15) is 23.9 Å². The number of ether oxygens (including phenoxy) is 1. The molecule has 224 valence electrons. The molecule has 1 aliphatic heterocycles. The summed E-state index contributed by atoms with van der Waals surface area (Å²) in [7, 11) is 5.05. The fraction of sp³-hybridized carbons (Fsp3) is 0.452. The third kappa shape index (κ3) is 6.37. The number of benzene rings is 2. The molecule has 11 heteroatoms. The molecule has 0 spiro atoms. The Morgan fingerprint density at radius 1 is 1.12 bits per heavy atom.